The van der Waals surface area contributed by atoms with Gasteiger partial charge < -0.3 is 9.84 Å². The molecule has 0 radical (unpaired) electrons. The summed E-state index contributed by atoms with van der Waals surface area (Å²) < 4.78 is 6.00. The van der Waals surface area contributed by atoms with Crippen LogP contribution in [0.4, 0.5) is 0 Å². The van der Waals surface area contributed by atoms with Gasteiger partial charge in [-0.1, -0.05) is 35.9 Å². The van der Waals surface area contributed by atoms with E-state index in [2.05, 4.69) is 18.0 Å². The minimum Gasteiger partial charge on any atom is -0.438 e. The molecule has 0 amide bonds. The molecular formula is C18H17NO2. The Labute approximate surface area is 123 Å². The summed E-state index contributed by atoms with van der Waals surface area (Å²) >= 11 is 0. The highest BCUT2D eigenvalue weighted by Crippen LogP contribution is 2.30. The van der Waals surface area contributed by atoms with Crippen LogP contribution < -0.4 is 4.74 Å². The van der Waals surface area contributed by atoms with Crippen molar-refractivity contribution in [1.29, 1.82) is 0 Å². The monoisotopic (exact) mass is 279 g/mol. The van der Waals surface area contributed by atoms with Gasteiger partial charge in [0.05, 0.1) is 12.3 Å². The molecule has 0 aliphatic heterocycles. The fraction of sp³-hybridized carbons (Fsp3) is 0.167. The van der Waals surface area contributed by atoms with Crippen molar-refractivity contribution < 1.29 is 9.84 Å². The van der Waals surface area contributed by atoms with E-state index in [0.717, 1.165) is 22.1 Å². The molecule has 2 aromatic carbocycles. The number of pyridine rings is 1. The number of aromatic nitrogens is 1. The van der Waals surface area contributed by atoms with E-state index in [1.54, 1.807) is 0 Å². The number of aliphatic hydroxyl groups excluding tert-OH is 1. The van der Waals surface area contributed by atoms with Crippen LogP contribution in [0.3, 0.4) is 0 Å². The van der Waals surface area contributed by atoms with Gasteiger partial charge in [-0.25, -0.2) is 4.98 Å². The van der Waals surface area contributed by atoms with Crippen molar-refractivity contribution in [3.8, 4) is 11.6 Å². The van der Waals surface area contributed by atoms with Crippen LogP contribution in [-0.2, 0) is 6.61 Å². The second-order valence-corrected chi connectivity index (χ2v) is 5.17. The largest absolute Gasteiger partial charge is 0.438 e. The molecule has 1 heterocycles. The van der Waals surface area contributed by atoms with Crippen LogP contribution in [0.2, 0.25) is 0 Å². The van der Waals surface area contributed by atoms with Crippen LogP contribution in [0, 0.1) is 13.8 Å². The molecule has 0 spiro atoms. The smallest absolute Gasteiger partial charge is 0.227 e. The molecule has 0 unspecified atom stereocenters. The maximum atomic E-state index is 9.36. The zero-order valence-electron chi connectivity index (χ0n) is 12.1. The lowest BCUT2D eigenvalue weighted by Crippen LogP contribution is -1.96. The average molecular weight is 279 g/mol. The maximum absolute atomic E-state index is 9.36. The molecular weight excluding hydrogens is 262 g/mol. The number of rotatable bonds is 3. The Kier molecular flexibility index (Phi) is 3.59. The van der Waals surface area contributed by atoms with E-state index in [4.69, 9.17) is 4.74 Å². The molecule has 3 rings (SSSR count). The van der Waals surface area contributed by atoms with Gasteiger partial charge in [-0.2, -0.15) is 0 Å². The number of benzene rings is 2. The van der Waals surface area contributed by atoms with Gasteiger partial charge in [-0.3, -0.25) is 0 Å². The molecule has 106 valence electrons. The summed E-state index contributed by atoms with van der Waals surface area (Å²) in [5, 5.41) is 11.3. The van der Waals surface area contributed by atoms with E-state index in [-0.39, 0.29) is 6.61 Å². The minimum atomic E-state index is -0.103. The highest BCUT2D eigenvalue weighted by Gasteiger charge is 2.09. The number of hydrogen-bond donors (Lipinski definition) is 1. The van der Waals surface area contributed by atoms with E-state index in [9.17, 15) is 5.11 Å². The fourth-order valence-corrected chi connectivity index (χ4v) is 2.40. The molecule has 0 bridgehead atoms. The van der Waals surface area contributed by atoms with Gasteiger partial charge in [0.2, 0.25) is 5.88 Å². The molecule has 21 heavy (non-hydrogen) atoms. The van der Waals surface area contributed by atoms with E-state index in [1.165, 1.54) is 5.56 Å². The third kappa shape index (κ3) is 2.73. The van der Waals surface area contributed by atoms with Crippen molar-refractivity contribution in [3.63, 3.8) is 0 Å². The quantitative estimate of drug-likeness (QED) is 0.783. The predicted octanol–water partition coefficient (Wildman–Crippen LogP) is 4.14. The summed E-state index contributed by atoms with van der Waals surface area (Å²) in [4.78, 5) is 4.41. The summed E-state index contributed by atoms with van der Waals surface area (Å²) in [6, 6.07) is 15.8. The van der Waals surface area contributed by atoms with Gasteiger partial charge in [-0.05, 0) is 43.0 Å². The second kappa shape index (κ2) is 5.54. The van der Waals surface area contributed by atoms with E-state index < -0.39 is 0 Å². The van der Waals surface area contributed by atoms with Crippen LogP contribution in [0.15, 0.2) is 48.5 Å². The third-order valence-corrected chi connectivity index (χ3v) is 3.46. The molecule has 0 saturated heterocycles. The Morgan fingerprint density at radius 1 is 1.05 bits per heavy atom. The van der Waals surface area contributed by atoms with Gasteiger partial charge >= 0.3 is 0 Å². The van der Waals surface area contributed by atoms with Crippen LogP contribution in [0.1, 0.15) is 16.8 Å². The van der Waals surface area contributed by atoms with Crippen LogP contribution in [0.25, 0.3) is 10.8 Å². The first-order chi connectivity index (χ1) is 10.2. The van der Waals surface area contributed by atoms with E-state index >= 15 is 0 Å². The molecule has 1 N–H and O–H groups in total. The van der Waals surface area contributed by atoms with Gasteiger partial charge in [0.15, 0.2) is 0 Å². The lowest BCUT2D eigenvalue weighted by atomic mass is 10.1. The van der Waals surface area contributed by atoms with Crippen molar-refractivity contribution in [2.24, 2.45) is 0 Å². The molecule has 3 nitrogen and oxygen atoms in total. The molecule has 3 aromatic rings. The number of nitrogens with zero attached hydrogens (tertiary/aromatic N) is 1. The van der Waals surface area contributed by atoms with Crippen LogP contribution in [-0.4, -0.2) is 10.1 Å². The number of ether oxygens (including phenoxy) is 1. The summed E-state index contributed by atoms with van der Waals surface area (Å²) in [5.41, 5.74) is 2.87. The normalized spacial score (nSPS) is 10.8. The Balaban J connectivity index is 2.10. The molecule has 1 aromatic heterocycles. The lowest BCUT2D eigenvalue weighted by molar-refractivity contribution is 0.275. The minimum absolute atomic E-state index is 0.103. The van der Waals surface area contributed by atoms with Crippen molar-refractivity contribution in [1.82, 2.24) is 4.98 Å². The number of aryl methyl sites for hydroxylation is 2. The lowest BCUT2D eigenvalue weighted by Gasteiger charge is -2.12. The van der Waals surface area contributed by atoms with Crippen molar-refractivity contribution in [3.05, 3.63) is 65.4 Å². The predicted molar refractivity (Wildman–Crippen MR) is 83.7 cm³/mol. The SMILES string of the molecule is Cc1ccc(Oc2nc(CO)cc3ccccc23)c(C)c1. The first kappa shape index (κ1) is 13.6. The zero-order valence-corrected chi connectivity index (χ0v) is 12.1. The Hall–Kier alpha value is -2.39. The summed E-state index contributed by atoms with van der Waals surface area (Å²) in [5.74, 6) is 1.32. The molecule has 3 heteroatoms. The number of aliphatic hydroxyl groups is 1. The number of hydrogen-bond acceptors (Lipinski definition) is 3. The Morgan fingerprint density at radius 2 is 1.86 bits per heavy atom. The van der Waals surface area contributed by atoms with Gasteiger partial charge in [-0.15, -0.1) is 0 Å². The molecule has 0 fully saturated rings. The molecule has 0 aliphatic rings. The van der Waals surface area contributed by atoms with E-state index in [1.807, 2.05) is 49.4 Å². The van der Waals surface area contributed by atoms with Gasteiger partial charge in [0.1, 0.15) is 5.75 Å². The van der Waals surface area contributed by atoms with Crippen molar-refractivity contribution in [2.45, 2.75) is 20.5 Å². The second-order valence-electron chi connectivity index (χ2n) is 5.17. The van der Waals surface area contributed by atoms with Gasteiger partial charge in [0.25, 0.3) is 0 Å². The number of fused-ring (bicyclic) bond motifs is 1. The molecule has 0 aliphatic carbocycles. The summed E-state index contributed by atoms with van der Waals surface area (Å²) in [7, 11) is 0. The standard InChI is InChI=1S/C18H17NO2/c1-12-7-8-17(13(2)9-12)21-18-16-6-4-3-5-14(16)10-15(11-20)19-18/h3-10,20H,11H2,1-2H3. The van der Waals surface area contributed by atoms with Crippen molar-refractivity contribution in [2.75, 3.05) is 0 Å². The maximum Gasteiger partial charge on any atom is 0.227 e. The van der Waals surface area contributed by atoms with E-state index in [0.29, 0.717) is 11.6 Å². The van der Waals surface area contributed by atoms with Crippen LogP contribution >= 0.6 is 0 Å². The average Bonchev–Trinajstić information content (AvgIpc) is 2.49. The van der Waals surface area contributed by atoms with Crippen molar-refractivity contribution >= 4 is 10.8 Å². The highest BCUT2D eigenvalue weighted by molar-refractivity contribution is 5.87. The molecule has 0 atom stereocenters. The summed E-state index contributed by atoms with van der Waals surface area (Å²) in [6.07, 6.45) is 0. The zero-order chi connectivity index (χ0) is 14.8. The Morgan fingerprint density at radius 3 is 2.62 bits per heavy atom. The first-order valence-electron chi connectivity index (χ1n) is 6.92. The topological polar surface area (TPSA) is 42.4 Å². The molecule has 0 saturated carbocycles. The Bertz CT molecular complexity index is 796. The van der Waals surface area contributed by atoms with Gasteiger partial charge in [0, 0.05) is 5.39 Å². The highest BCUT2D eigenvalue weighted by atomic mass is 16.5. The fourth-order valence-electron chi connectivity index (χ4n) is 2.40. The third-order valence-electron chi connectivity index (χ3n) is 3.46. The first-order valence-corrected chi connectivity index (χ1v) is 6.92. The van der Waals surface area contributed by atoms with Crippen LogP contribution in [0.5, 0.6) is 11.6 Å². The summed E-state index contributed by atoms with van der Waals surface area (Å²) in [6.45, 7) is 3.96.